The van der Waals surface area contributed by atoms with E-state index in [1.807, 2.05) is 6.07 Å². The predicted octanol–water partition coefficient (Wildman–Crippen LogP) is 2.53. The summed E-state index contributed by atoms with van der Waals surface area (Å²) in [6, 6.07) is 5.25. The number of piperidine rings is 1. The van der Waals surface area contributed by atoms with Crippen LogP contribution in [0.15, 0.2) is 30.6 Å². The second kappa shape index (κ2) is 8.46. The maximum atomic E-state index is 12.8. The predicted molar refractivity (Wildman–Crippen MR) is 106 cm³/mol. The van der Waals surface area contributed by atoms with E-state index in [0.29, 0.717) is 42.6 Å². The van der Waals surface area contributed by atoms with Crippen molar-refractivity contribution in [2.24, 2.45) is 13.0 Å². The molecule has 0 radical (unpaired) electrons. The summed E-state index contributed by atoms with van der Waals surface area (Å²) in [6.45, 7) is 5.96. The number of benzene rings is 1. The molecule has 2 aromatic rings. The van der Waals surface area contributed by atoms with Crippen molar-refractivity contribution in [3.05, 3.63) is 47.3 Å². The topological polar surface area (TPSA) is 87.5 Å². The summed E-state index contributed by atoms with van der Waals surface area (Å²) in [5.74, 6) is 0.404. The molecule has 1 aromatic heterocycles. The minimum absolute atomic E-state index is 0.0280. The summed E-state index contributed by atoms with van der Waals surface area (Å²) in [4.78, 5) is 26.8. The first-order valence-electron chi connectivity index (χ1n) is 9.74. The highest BCUT2D eigenvalue weighted by atomic mass is 16.3. The monoisotopic (exact) mass is 384 g/mol. The van der Waals surface area contributed by atoms with E-state index < -0.39 is 0 Å². The first kappa shape index (κ1) is 19.9. The summed E-state index contributed by atoms with van der Waals surface area (Å²) in [6.07, 6.45) is 4.89. The summed E-state index contributed by atoms with van der Waals surface area (Å²) >= 11 is 0. The Kier molecular flexibility index (Phi) is 6.02. The lowest BCUT2D eigenvalue weighted by molar-refractivity contribution is 0.0681. The number of amides is 2. The molecule has 28 heavy (non-hydrogen) atoms. The van der Waals surface area contributed by atoms with Crippen LogP contribution in [0.3, 0.4) is 0 Å². The number of hydrogen-bond acceptors (Lipinski definition) is 4. The van der Waals surface area contributed by atoms with E-state index in [0.717, 1.165) is 18.4 Å². The van der Waals surface area contributed by atoms with Crippen molar-refractivity contribution in [1.29, 1.82) is 0 Å². The van der Waals surface area contributed by atoms with Gasteiger partial charge in [-0.3, -0.25) is 14.3 Å². The van der Waals surface area contributed by atoms with Crippen LogP contribution >= 0.6 is 0 Å². The van der Waals surface area contributed by atoms with Gasteiger partial charge >= 0.3 is 0 Å². The number of hydrogen-bond donors (Lipinski definition) is 2. The van der Waals surface area contributed by atoms with Gasteiger partial charge in [0.1, 0.15) is 5.75 Å². The lowest BCUT2D eigenvalue weighted by Gasteiger charge is -2.32. The number of aromatic hydroxyl groups is 1. The number of carbonyl (C=O) groups is 2. The molecule has 2 amide bonds. The van der Waals surface area contributed by atoms with Crippen LogP contribution in [0.1, 0.15) is 58.9 Å². The molecule has 0 saturated carbocycles. The number of phenols is 1. The molecule has 0 atom stereocenters. The van der Waals surface area contributed by atoms with Gasteiger partial charge in [-0.05, 0) is 42.4 Å². The first-order valence-corrected chi connectivity index (χ1v) is 9.74. The molecule has 1 aromatic carbocycles. The Balaban J connectivity index is 1.53. The van der Waals surface area contributed by atoms with E-state index in [1.54, 1.807) is 41.2 Å². The highest BCUT2D eigenvalue weighted by Crippen LogP contribution is 2.26. The molecular weight excluding hydrogens is 356 g/mol. The molecule has 2 heterocycles. The Morgan fingerprint density at radius 1 is 1.29 bits per heavy atom. The SMILES string of the molecule is CC(C)c1ccc(O)c(C(=O)N2CCC(CNC(=O)c3cnn(C)c3)CC2)c1. The van der Waals surface area contributed by atoms with Crippen LogP contribution in [-0.4, -0.2) is 51.2 Å². The molecule has 1 aliphatic rings. The first-order chi connectivity index (χ1) is 13.3. The van der Waals surface area contributed by atoms with E-state index in [2.05, 4.69) is 24.3 Å². The van der Waals surface area contributed by atoms with Crippen molar-refractivity contribution in [3.63, 3.8) is 0 Å². The summed E-state index contributed by atoms with van der Waals surface area (Å²) in [7, 11) is 1.78. The van der Waals surface area contributed by atoms with Crippen LogP contribution in [0.2, 0.25) is 0 Å². The molecule has 3 rings (SSSR count). The van der Waals surface area contributed by atoms with Gasteiger partial charge in [0, 0.05) is 32.9 Å². The smallest absolute Gasteiger partial charge is 0.257 e. The van der Waals surface area contributed by atoms with Crippen LogP contribution in [0.25, 0.3) is 0 Å². The minimum Gasteiger partial charge on any atom is -0.507 e. The van der Waals surface area contributed by atoms with Crippen molar-refractivity contribution < 1.29 is 14.7 Å². The van der Waals surface area contributed by atoms with Gasteiger partial charge in [-0.25, -0.2) is 0 Å². The van der Waals surface area contributed by atoms with Crippen LogP contribution in [0, 0.1) is 5.92 Å². The van der Waals surface area contributed by atoms with Crippen molar-refractivity contribution in [3.8, 4) is 5.75 Å². The molecule has 1 aliphatic heterocycles. The quantitative estimate of drug-likeness (QED) is 0.829. The normalized spacial score (nSPS) is 15.1. The highest BCUT2D eigenvalue weighted by Gasteiger charge is 2.26. The van der Waals surface area contributed by atoms with E-state index in [-0.39, 0.29) is 17.6 Å². The van der Waals surface area contributed by atoms with E-state index in [4.69, 9.17) is 0 Å². The van der Waals surface area contributed by atoms with Crippen molar-refractivity contribution in [2.75, 3.05) is 19.6 Å². The lowest BCUT2D eigenvalue weighted by Crippen LogP contribution is -2.41. The number of nitrogens with one attached hydrogen (secondary N) is 1. The van der Waals surface area contributed by atoms with Gasteiger partial charge in [-0.15, -0.1) is 0 Å². The van der Waals surface area contributed by atoms with Crippen molar-refractivity contribution in [2.45, 2.75) is 32.6 Å². The summed E-state index contributed by atoms with van der Waals surface area (Å²) in [5, 5.41) is 17.1. The average Bonchev–Trinajstić information content (AvgIpc) is 3.12. The van der Waals surface area contributed by atoms with Crippen LogP contribution in [0.5, 0.6) is 5.75 Å². The molecule has 2 N–H and O–H groups in total. The fraction of sp³-hybridized carbons (Fsp3) is 0.476. The number of carbonyl (C=O) groups excluding carboxylic acids is 2. The standard InChI is InChI=1S/C21H28N4O3/c1-14(2)16-4-5-19(26)18(10-16)21(28)25-8-6-15(7-9-25)11-22-20(27)17-12-23-24(3)13-17/h4-5,10,12-15,26H,6-9,11H2,1-3H3,(H,22,27). The van der Waals surface area contributed by atoms with Crippen molar-refractivity contribution >= 4 is 11.8 Å². The molecule has 1 fully saturated rings. The van der Waals surface area contributed by atoms with Crippen LogP contribution < -0.4 is 5.32 Å². The van der Waals surface area contributed by atoms with Gasteiger partial charge in [0.05, 0.1) is 17.3 Å². The molecular formula is C21H28N4O3. The Hall–Kier alpha value is -2.83. The summed E-state index contributed by atoms with van der Waals surface area (Å²) in [5.41, 5.74) is 1.96. The van der Waals surface area contributed by atoms with E-state index >= 15 is 0 Å². The summed E-state index contributed by atoms with van der Waals surface area (Å²) < 4.78 is 1.60. The Labute approximate surface area is 165 Å². The van der Waals surface area contributed by atoms with Gasteiger partial charge in [-0.2, -0.15) is 5.10 Å². The second-order valence-corrected chi connectivity index (χ2v) is 7.78. The average molecular weight is 384 g/mol. The number of likely N-dealkylation sites (tertiary alicyclic amines) is 1. The van der Waals surface area contributed by atoms with Crippen molar-refractivity contribution in [1.82, 2.24) is 20.0 Å². The molecule has 7 heteroatoms. The number of nitrogens with zero attached hydrogens (tertiary/aromatic N) is 3. The highest BCUT2D eigenvalue weighted by molar-refractivity contribution is 5.97. The fourth-order valence-electron chi connectivity index (χ4n) is 3.47. The van der Waals surface area contributed by atoms with Gasteiger partial charge in [0.2, 0.25) is 0 Å². The Morgan fingerprint density at radius 3 is 2.61 bits per heavy atom. The second-order valence-electron chi connectivity index (χ2n) is 7.78. The number of phenolic OH excluding ortho intramolecular Hbond substituents is 1. The number of aromatic nitrogens is 2. The molecule has 0 spiro atoms. The van der Waals surface area contributed by atoms with E-state index in [1.165, 1.54) is 0 Å². The third-order valence-corrected chi connectivity index (χ3v) is 5.34. The molecule has 0 unspecified atom stereocenters. The van der Waals surface area contributed by atoms with Gasteiger partial charge < -0.3 is 15.3 Å². The van der Waals surface area contributed by atoms with Crippen LogP contribution in [0.4, 0.5) is 0 Å². The number of rotatable bonds is 5. The lowest BCUT2D eigenvalue weighted by atomic mass is 9.95. The minimum atomic E-state index is -0.127. The third-order valence-electron chi connectivity index (χ3n) is 5.34. The molecule has 7 nitrogen and oxygen atoms in total. The third kappa shape index (κ3) is 4.52. The fourth-order valence-corrected chi connectivity index (χ4v) is 3.47. The molecule has 1 saturated heterocycles. The maximum Gasteiger partial charge on any atom is 0.257 e. The maximum absolute atomic E-state index is 12.8. The van der Waals surface area contributed by atoms with Gasteiger partial charge in [0.25, 0.3) is 11.8 Å². The van der Waals surface area contributed by atoms with Gasteiger partial charge in [0.15, 0.2) is 0 Å². The van der Waals surface area contributed by atoms with Crippen LogP contribution in [-0.2, 0) is 7.05 Å². The number of aryl methyl sites for hydroxylation is 1. The van der Waals surface area contributed by atoms with E-state index in [9.17, 15) is 14.7 Å². The zero-order chi connectivity index (χ0) is 20.3. The Morgan fingerprint density at radius 2 is 2.00 bits per heavy atom. The largest absolute Gasteiger partial charge is 0.507 e. The zero-order valence-electron chi connectivity index (χ0n) is 16.7. The Bertz CT molecular complexity index is 851. The molecule has 0 bridgehead atoms. The van der Waals surface area contributed by atoms with Gasteiger partial charge in [-0.1, -0.05) is 19.9 Å². The molecule has 0 aliphatic carbocycles. The molecule has 150 valence electrons. The zero-order valence-corrected chi connectivity index (χ0v) is 16.7.